The summed E-state index contributed by atoms with van der Waals surface area (Å²) < 4.78 is 40.9. The maximum absolute atomic E-state index is 14.5. The molecule has 10 atom stereocenters. The number of Topliss-reactive ketones (excluding diaryl/α,β-unsaturated/α-hetero) is 2. The Bertz CT molecular complexity index is 3180. The molecule has 0 aliphatic carbocycles. The second-order valence-electron chi connectivity index (χ2n) is 28.4. The minimum Gasteiger partial charge on any atom is -0.495 e. The lowest BCUT2D eigenvalue weighted by Crippen LogP contribution is -2.53. The van der Waals surface area contributed by atoms with Crippen molar-refractivity contribution < 1.29 is 86.2 Å². The fraction of sp³-hybridized carbons (Fsp3) is 0.649. The number of rotatable bonds is 33. The smallest absolute Gasteiger partial charge is 0.409 e. The van der Waals surface area contributed by atoms with E-state index in [1.54, 1.807) is 62.4 Å². The van der Waals surface area contributed by atoms with E-state index in [2.05, 4.69) is 38.3 Å². The number of hydrogen-bond acceptors (Lipinski definition) is 18. The largest absolute Gasteiger partial charge is 0.495 e. The predicted molar refractivity (Wildman–Crippen MR) is 373 cm³/mol. The van der Waals surface area contributed by atoms with Crippen molar-refractivity contribution in [1.82, 2.24) is 20.4 Å². The maximum atomic E-state index is 14.5. The number of epoxide rings is 1. The number of allylic oxidation sites excluding steroid dienone is 3. The van der Waals surface area contributed by atoms with Crippen molar-refractivity contribution in [2.24, 2.45) is 41.2 Å². The summed E-state index contributed by atoms with van der Waals surface area (Å²) in [6.07, 6.45) is 4.31. The van der Waals surface area contributed by atoms with Gasteiger partial charge in [-0.25, -0.2) is 14.4 Å². The van der Waals surface area contributed by atoms with Gasteiger partial charge in [-0.3, -0.25) is 33.6 Å². The van der Waals surface area contributed by atoms with E-state index in [-0.39, 0.29) is 106 Å². The first-order valence-corrected chi connectivity index (χ1v) is 35.0. The zero-order valence-electron chi connectivity index (χ0n) is 60.7. The number of halogens is 1. The molecule has 6 amide bonds. The van der Waals surface area contributed by atoms with Gasteiger partial charge in [-0.15, -0.1) is 0 Å². The summed E-state index contributed by atoms with van der Waals surface area (Å²) in [5, 5.41) is 17.6. The number of carbonyl (C=O) groups is 10. The molecular weight excluding hydrogens is 1300 g/mol. The molecule has 3 heterocycles. The molecule has 0 aromatic heterocycles. The van der Waals surface area contributed by atoms with Crippen molar-refractivity contribution in [3.8, 4) is 5.75 Å². The van der Waals surface area contributed by atoms with Gasteiger partial charge in [0, 0.05) is 85.3 Å². The molecule has 0 radical (unpaired) electrons. The lowest BCUT2D eigenvalue weighted by Gasteiger charge is -2.41. The van der Waals surface area contributed by atoms with Crippen molar-refractivity contribution in [1.29, 1.82) is 0 Å². The number of ketones is 2. The second-order valence-corrected chi connectivity index (χ2v) is 28.8. The molecule has 3 aliphatic heterocycles. The van der Waals surface area contributed by atoms with Crippen molar-refractivity contribution >= 4 is 76.6 Å². The van der Waals surface area contributed by atoms with Crippen LogP contribution in [-0.4, -0.2) is 177 Å². The number of aliphatic hydroxyl groups is 1. The highest BCUT2D eigenvalue weighted by molar-refractivity contribution is 6.35. The number of nitrogens with two attached hydrogens (primary N) is 1. The molecule has 25 heteroatoms. The van der Waals surface area contributed by atoms with Gasteiger partial charge in [0.2, 0.25) is 17.7 Å². The van der Waals surface area contributed by atoms with E-state index in [0.717, 1.165) is 24.0 Å². The normalized spacial score (nSPS) is 22.8. The zero-order valence-corrected chi connectivity index (χ0v) is 61.5. The van der Waals surface area contributed by atoms with E-state index in [4.69, 9.17) is 50.5 Å². The highest BCUT2D eigenvalue weighted by Gasteiger charge is 2.64. The highest BCUT2D eigenvalue weighted by Crippen LogP contribution is 2.50. The van der Waals surface area contributed by atoms with E-state index in [0.29, 0.717) is 66.5 Å². The molecule has 2 aromatic carbocycles. The molecule has 2 fully saturated rings. The number of primary amides is 1. The Kier molecular flexibility index (Phi) is 31.9. The Hall–Kier alpha value is -7.41. The number of anilines is 1. The lowest BCUT2D eigenvalue weighted by molar-refractivity contribution is -0.187. The van der Waals surface area contributed by atoms with Crippen LogP contribution in [0, 0.1) is 35.5 Å². The summed E-state index contributed by atoms with van der Waals surface area (Å²) in [6.45, 7) is 19.1. The lowest BCUT2D eigenvalue weighted by atomic mass is 9.78. The molecule has 5 N–H and O–H groups in total. The summed E-state index contributed by atoms with van der Waals surface area (Å²) in [6, 6.07) is 7.43. The van der Waals surface area contributed by atoms with Crippen LogP contribution in [0.15, 0.2) is 60.2 Å². The van der Waals surface area contributed by atoms with Gasteiger partial charge < -0.3 is 69.3 Å². The molecular formula is C74H109ClN6O18. The number of carbonyl (C=O) groups excluding carboxylic acids is 10. The molecule has 5 rings (SSSR count). The number of amides is 6. The van der Waals surface area contributed by atoms with E-state index < -0.39 is 108 Å². The zero-order chi connectivity index (χ0) is 73.6. The Morgan fingerprint density at radius 3 is 2.18 bits per heavy atom. The minimum atomic E-state index is -1.66. The third kappa shape index (κ3) is 24.7. The van der Waals surface area contributed by atoms with Crippen molar-refractivity contribution in [2.45, 2.75) is 220 Å². The number of ether oxygens (including phenoxy) is 7. The standard InChI is InChI=1S/C74H109ClN6O18/c1-44(2)33-53(34-45(3)4)70(89)95-32-18-16-17-22-54(82)39-55(46(5)6)68(87)78-56(23-20-30-77-71(76)90)58(83)37-50-25-27-51(28-26-50)43-96-72(91)79(11)31-29-63(84)80(12)49(9)69(88)98-62-40-64(85)81(13)57-36-52(38-59(93-14)66(57)75)35-47(7)21-19-24-61(94-15)74(92)41-60(97-65(86)42-74)48(8)67-73(62,10)99-67/h19,21,24-28,36,38,44-46,48-49,53,55-56,60-62,67,92H,16-18,20,22-23,29-35,37,39-43H2,1-15H3,(H,78,87)(H3,76,77,90)/b24-19+,47-21+/t48-,49+,55+,56+,60+,61-,62+,67+,73+,74-/m1/s1. The average Bonchev–Trinajstić information content (AvgIpc) is 1.58. The van der Waals surface area contributed by atoms with Gasteiger partial charge in [-0.2, -0.15) is 0 Å². The first kappa shape index (κ1) is 82.3. The molecule has 99 heavy (non-hydrogen) atoms. The molecule has 2 aromatic rings. The van der Waals surface area contributed by atoms with Gasteiger partial charge >= 0.3 is 30.0 Å². The van der Waals surface area contributed by atoms with Gasteiger partial charge in [-0.05, 0) is 119 Å². The van der Waals surface area contributed by atoms with Gasteiger partial charge in [0.1, 0.15) is 58.7 Å². The van der Waals surface area contributed by atoms with Crippen LogP contribution in [0.5, 0.6) is 5.75 Å². The quantitative estimate of drug-likeness (QED) is 0.0224. The SMILES string of the molecule is COc1cc2cc(c1Cl)N(C)C(=O)C[C@H](OC(=O)[C@H](C)N(C)C(=O)CCN(C)C(=O)OCc1ccc(CC(=O)[C@H](CCCNC(N)=O)NC(=O)[C@@H](CC(=O)CCCCCOC(=O)C(CC(C)C)CC(C)C)C(C)C)cc1)[C@]1(C)O[C@H]1[C@H](C)[C@@H]1C[C@@](O)(CC(=O)O1)[C@H](OC)/C=C/C=C(\C)C2. The fourth-order valence-corrected chi connectivity index (χ4v) is 13.1. The third-order valence-electron chi connectivity index (χ3n) is 19.0. The number of hydrogen-bond donors (Lipinski definition) is 4. The Balaban J connectivity index is 1.16. The van der Waals surface area contributed by atoms with Crippen LogP contribution in [0.2, 0.25) is 5.02 Å². The molecule has 0 unspecified atom stereocenters. The topological polar surface area (TPSA) is 319 Å². The minimum absolute atomic E-state index is 0.00797. The van der Waals surface area contributed by atoms with Crippen LogP contribution in [0.25, 0.3) is 0 Å². The van der Waals surface area contributed by atoms with E-state index in [1.165, 1.54) is 57.0 Å². The number of fused-ring (bicyclic) bond motifs is 5. The Morgan fingerprint density at radius 1 is 0.889 bits per heavy atom. The van der Waals surface area contributed by atoms with Gasteiger partial charge in [0.15, 0.2) is 5.78 Å². The van der Waals surface area contributed by atoms with Crippen LogP contribution in [0.4, 0.5) is 15.3 Å². The number of unbranched alkanes of at least 4 members (excludes halogenated alkanes) is 2. The summed E-state index contributed by atoms with van der Waals surface area (Å²) in [4.78, 5) is 138. The van der Waals surface area contributed by atoms with E-state index in [9.17, 15) is 53.1 Å². The van der Waals surface area contributed by atoms with Crippen molar-refractivity contribution in [3.05, 3.63) is 81.9 Å². The Morgan fingerprint density at radius 2 is 1.56 bits per heavy atom. The van der Waals surface area contributed by atoms with E-state index in [1.807, 2.05) is 26.8 Å². The van der Waals surface area contributed by atoms with Crippen LogP contribution in [0.3, 0.4) is 0 Å². The molecule has 4 bridgehead atoms. The number of likely N-dealkylation sites (N-methyl/N-ethyl adjacent to an activating group) is 1. The average molecular weight is 1410 g/mol. The van der Waals surface area contributed by atoms with Gasteiger partial charge in [0.05, 0.1) is 50.3 Å². The molecule has 24 nitrogen and oxygen atoms in total. The molecule has 0 spiro atoms. The summed E-state index contributed by atoms with van der Waals surface area (Å²) in [5.74, 6) is -4.10. The number of nitrogens with one attached hydrogen (secondary N) is 2. The van der Waals surface area contributed by atoms with E-state index >= 15 is 0 Å². The summed E-state index contributed by atoms with van der Waals surface area (Å²) in [7, 11) is 7.31. The van der Waals surface area contributed by atoms with Crippen molar-refractivity contribution in [2.75, 3.05) is 60.0 Å². The number of nitrogens with zero attached hydrogens (tertiary/aromatic N) is 3. The number of benzene rings is 2. The van der Waals surface area contributed by atoms with Crippen LogP contribution >= 0.6 is 11.6 Å². The summed E-state index contributed by atoms with van der Waals surface area (Å²) >= 11 is 6.86. The number of methoxy groups -OCH3 is 2. The predicted octanol–water partition coefficient (Wildman–Crippen LogP) is 9.51. The molecule has 0 saturated carbocycles. The maximum Gasteiger partial charge on any atom is 0.409 e. The molecule has 550 valence electrons. The number of esters is 3. The van der Waals surface area contributed by atoms with Crippen LogP contribution in [-0.2, 0) is 86.2 Å². The van der Waals surface area contributed by atoms with Crippen LogP contribution < -0.4 is 26.0 Å². The first-order chi connectivity index (χ1) is 46.6. The first-order valence-electron chi connectivity index (χ1n) is 34.7. The third-order valence-corrected chi connectivity index (χ3v) is 19.4. The molecule has 3 aliphatic rings. The van der Waals surface area contributed by atoms with Crippen LogP contribution in [0.1, 0.15) is 169 Å². The number of urea groups is 1. The van der Waals surface area contributed by atoms with Gasteiger partial charge in [0.25, 0.3) is 0 Å². The monoisotopic (exact) mass is 1400 g/mol. The van der Waals surface area contributed by atoms with Crippen molar-refractivity contribution in [3.63, 3.8) is 0 Å². The highest BCUT2D eigenvalue weighted by atomic mass is 35.5. The van der Waals surface area contributed by atoms with Gasteiger partial charge in [-0.1, -0.05) is 108 Å². The Labute approximate surface area is 589 Å². The fourth-order valence-electron chi connectivity index (χ4n) is 12.7. The second kappa shape index (κ2) is 38.4. The summed E-state index contributed by atoms with van der Waals surface area (Å²) in [5.41, 5.74) is 5.48. The molecule has 2 saturated heterocycles.